The average molecular weight is 313 g/mol. The SMILES string of the molecule is COCC1CCN(C(CN)c2cc(Cl)c3c(c2)OCO3)C1. The van der Waals surface area contributed by atoms with Gasteiger partial charge in [-0.2, -0.15) is 0 Å². The molecule has 2 unspecified atom stereocenters. The molecule has 1 fully saturated rings. The fourth-order valence-electron chi connectivity index (χ4n) is 3.19. The first kappa shape index (κ1) is 14.9. The van der Waals surface area contributed by atoms with Gasteiger partial charge in [0.2, 0.25) is 6.79 Å². The molecule has 5 nitrogen and oxygen atoms in total. The monoisotopic (exact) mass is 312 g/mol. The van der Waals surface area contributed by atoms with E-state index in [1.165, 1.54) is 0 Å². The number of nitrogens with two attached hydrogens (primary N) is 1. The smallest absolute Gasteiger partial charge is 0.231 e. The standard InChI is InChI=1S/C15H21ClN2O3/c1-19-8-10-2-3-18(7-10)13(6-17)11-4-12(16)15-14(5-11)20-9-21-15/h4-5,10,13H,2-3,6-9,17H2,1H3. The first-order chi connectivity index (χ1) is 10.2. The molecule has 2 aliphatic rings. The Hall–Kier alpha value is -1.01. The highest BCUT2D eigenvalue weighted by Gasteiger charge is 2.30. The molecule has 0 spiro atoms. The first-order valence-electron chi connectivity index (χ1n) is 7.25. The molecule has 0 amide bonds. The van der Waals surface area contributed by atoms with Crippen LogP contribution in [0.1, 0.15) is 18.0 Å². The van der Waals surface area contributed by atoms with Crippen LogP contribution >= 0.6 is 11.6 Å². The summed E-state index contributed by atoms with van der Waals surface area (Å²) in [5, 5.41) is 0.589. The highest BCUT2D eigenvalue weighted by atomic mass is 35.5. The molecule has 2 heterocycles. The van der Waals surface area contributed by atoms with E-state index in [0.717, 1.165) is 31.7 Å². The van der Waals surface area contributed by atoms with Crippen molar-refractivity contribution in [3.63, 3.8) is 0 Å². The summed E-state index contributed by atoms with van der Waals surface area (Å²) in [5.74, 6) is 1.92. The van der Waals surface area contributed by atoms with Gasteiger partial charge in [0.25, 0.3) is 0 Å². The number of hydrogen-bond acceptors (Lipinski definition) is 5. The van der Waals surface area contributed by atoms with Gasteiger partial charge >= 0.3 is 0 Å². The van der Waals surface area contributed by atoms with Crippen LogP contribution in [0.25, 0.3) is 0 Å². The van der Waals surface area contributed by atoms with E-state index in [1.807, 2.05) is 12.1 Å². The molecular formula is C15H21ClN2O3. The van der Waals surface area contributed by atoms with Gasteiger partial charge in [-0.15, -0.1) is 0 Å². The minimum atomic E-state index is 0.152. The summed E-state index contributed by atoms with van der Waals surface area (Å²) < 4.78 is 16.1. The molecule has 0 aromatic heterocycles. The summed E-state index contributed by atoms with van der Waals surface area (Å²) in [4.78, 5) is 2.40. The third-order valence-electron chi connectivity index (χ3n) is 4.22. The maximum Gasteiger partial charge on any atom is 0.231 e. The number of likely N-dealkylation sites (tertiary alicyclic amines) is 1. The van der Waals surface area contributed by atoms with Gasteiger partial charge in [0, 0.05) is 26.2 Å². The number of methoxy groups -OCH3 is 1. The van der Waals surface area contributed by atoms with Crippen molar-refractivity contribution >= 4 is 11.6 Å². The lowest BCUT2D eigenvalue weighted by Gasteiger charge is -2.27. The van der Waals surface area contributed by atoms with Crippen LogP contribution in [-0.2, 0) is 4.74 Å². The Morgan fingerprint density at radius 2 is 2.33 bits per heavy atom. The lowest BCUT2D eigenvalue weighted by Crippen LogP contribution is -2.32. The van der Waals surface area contributed by atoms with Gasteiger partial charge in [-0.1, -0.05) is 11.6 Å². The van der Waals surface area contributed by atoms with Crippen molar-refractivity contribution in [2.24, 2.45) is 11.7 Å². The maximum atomic E-state index is 6.28. The molecule has 116 valence electrons. The highest BCUT2D eigenvalue weighted by Crippen LogP contribution is 2.42. The lowest BCUT2D eigenvalue weighted by atomic mass is 10.0. The van der Waals surface area contributed by atoms with E-state index in [2.05, 4.69) is 4.90 Å². The normalized spacial score (nSPS) is 22.7. The van der Waals surface area contributed by atoms with Crippen LogP contribution in [0.2, 0.25) is 5.02 Å². The zero-order valence-electron chi connectivity index (χ0n) is 12.2. The van der Waals surface area contributed by atoms with E-state index in [-0.39, 0.29) is 12.8 Å². The molecule has 21 heavy (non-hydrogen) atoms. The second kappa shape index (κ2) is 6.40. The number of rotatable bonds is 5. The first-order valence-corrected chi connectivity index (χ1v) is 7.62. The van der Waals surface area contributed by atoms with Gasteiger partial charge in [0.1, 0.15) is 0 Å². The minimum Gasteiger partial charge on any atom is -0.454 e. The van der Waals surface area contributed by atoms with E-state index in [1.54, 1.807) is 7.11 Å². The number of ether oxygens (including phenoxy) is 3. The Bertz CT molecular complexity index is 512. The van der Waals surface area contributed by atoms with Crippen LogP contribution in [0.5, 0.6) is 11.5 Å². The van der Waals surface area contributed by atoms with Gasteiger partial charge < -0.3 is 19.9 Å². The zero-order chi connectivity index (χ0) is 14.8. The summed E-state index contributed by atoms with van der Waals surface area (Å²) in [5.41, 5.74) is 7.10. The zero-order valence-corrected chi connectivity index (χ0v) is 12.9. The fourth-order valence-corrected chi connectivity index (χ4v) is 3.47. The Labute approximate surface area is 129 Å². The number of hydrogen-bond donors (Lipinski definition) is 1. The van der Waals surface area contributed by atoms with Crippen molar-refractivity contribution in [1.82, 2.24) is 4.90 Å². The molecule has 0 aliphatic carbocycles. The second-order valence-corrected chi connectivity index (χ2v) is 6.00. The van der Waals surface area contributed by atoms with Crippen molar-refractivity contribution in [2.45, 2.75) is 12.5 Å². The predicted octanol–water partition coefficient (Wildman–Crippen LogP) is 2.04. The summed E-state index contributed by atoms with van der Waals surface area (Å²) in [6, 6.07) is 4.09. The minimum absolute atomic E-state index is 0.152. The van der Waals surface area contributed by atoms with E-state index >= 15 is 0 Å². The molecular weight excluding hydrogens is 292 g/mol. The van der Waals surface area contributed by atoms with Crippen LogP contribution in [0, 0.1) is 5.92 Å². The molecule has 0 radical (unpaired) electrons. The van der Waals surface area contributed by atoms with Gasteiger partial charge in [-0.05, 0) is 36.6 Å². The Kier molecular flexibility index (Phi) is 4.54. The van der Waals surface area contributed by atoms with Crippen molar-refractivity contribution in [3.8, 4) is 11.5 Å². The van der Waals surface area contributed by atoms with Crippen molar-refractivity contribution in [3.05, 3.63) is 22.7 Å². The van der Waals surface area contributed by atoms with Crippen molar-refractivity contribution in [2.75, 3.05) is 40.1 Å². The number of halogens is 1. The number of fused-ring (bicyclic) bond motifs is 1. The maximum absolute atomic E-state index is 6.28. The lowest BCUT2D eigenvalue weighted by molar-refractivity contribution is 0.147. The van der Waals surface area contributed by atoms with E-state index in [0.29, 0.717) is 29.0 Å². The molecule has 3 rings (SSSR count). The van der Waals surface area contributed by atoms with Crippen molar-refractivity contribution < 1.29 is 14.2 Å². The summed E-state index contributed by atoms with van der Waals surface area (Å²) in [6.45, 7) is 3.61. The molecule has 2 atom stereocenters. The van der Waals surface area contributed by atoms with Gasteiger partial charge in [0.15, 0.2) is 11.5 Å². The van der Waals surface area contributed by atoms with E-state index < -0.39 is 0 Å². The number of nitrogens with zero attached hydrogens (tertiary/aromatic N) is 1. The molecule has 2 N–H and O–H groups in total. The Balaban J connectivity index is 1.79. The van der Waals surface area contributed by atoms with Crippen LogP contribution in [0.15, 0.2) is 12.1 Å². The summed E-state index contributed by atoms with van der Waals surface area (Å²) >= 11 is 6.28. The second-order valence-electron chi connectivity index (χ2n) is 5.59. The third kappa shape index (κ3) is 2.97. The highest BCUT2D eigenvalue weighted by molar-refractivity contribution is 6.32. The number of benzene rings is 1. The van der Waals surface area contributed by atoms with Crippen LogP contribution in [0.4, 0.5) is 0 Å². The Morgan fingerprint density at radius 1 is 1.48 bits per heavy atom. The predicted molar refractivity (Wildman–Crippen MR) is 80.9 cm³/mol. The summed E-state index contributed by atoms with van der Waals surface area (Å²) in [7, 11) is 1.75. The topological polar surface area (TPSA) is 57.0 Å². The molecule has 2 aliphatic heterocycles. The third-order valence-corrected chi connectivity index (χ3v) is 4.50. The largest absolute Gasteiger partial charge is 0.454 e. The quantitative estimate of drug-likeness (QED) is 0.901. The summed E-state index contributed by atoms with van der Waals surface area (Å²) in [6.07, 6.45) is 1.14. The van der Waals surface area contributed by atoms with Gasteiger partial charge in [-0.3, -0.25) is 4.90 Å². The molecule has 1 aromatic carbocycles. The molecule has 1 aromatic rings. The van der Waals surface area contributed by atoms with Crippen molar-refractivity contribution in [1.29, 1.82) is 0 Å². The van der Waals surface area contributed by atoms with Gasteiger partial charge in [-0.25, -0.2) is 0 Å². The van der Waals surface area contributed by atoms with Crippen LogP contribution in [0.3, 0.4) is 0 Å². The van der Waals surface area contributed by atoms with E-state index in [9.17, 15) is 0 Å². The molecule has 0 saturated carbocycles. The fraction of sp³-hybridized carbons (Fsp3) is 0.600. The van der Waals surface area contributed by atoms with Crippen LogP contribution in [-0.4, -0.2) is 45.0 Å². The molecule has 1 saturated heterocycles. The average Bonchev–Trinajstić information content (AvgIpc) is 3.10. The molecule has 6 heteroatoms. The molecule has 0 bridgehead atoms. The van der Waals surface area contributed by atoms with Crippen LogP contribution < -0.4 is 15.2 Å². The van der Waals surface area contributed by atoms with Gasteiger partial charge in [0.05, 0.1) is 11.6 Å². The van der Waals surface area contributed by atoms with E-state index in [4.69, 9.17) is 31.5 Å². The Morgan fingerprint density at radius 3 is 3.10 bits per heavy atom.